The van der Waals surface area contributed by atoms with E-state index in [1.165, 1.54) is 0 Å². The summed E-state index contributed by atoms with van der Waals surface area (Å²) in [6.07, 6.45) is 2.93. The minimum atomic E-state index is -0.905. The van der Waals surface area contributed by atoms with Crippen molar-refractivity contribution >= 4 is 5.78 Å². The minimum Gasteiger partial charge on any atom is -0.504 e. The molecule has 5 nitrogen and oxygen atoms in total. The summed E-state index contributed by atoms with van der Waals surface area (Å²) in [4.78, 5) is 15.3. The Labute approximate surface area is 141 Å². The molecule has 2 bridgehead atoms. The molecule has 2 heterocycles. The molecule has 0 aromatic heterocycles. The van der Waals surface area contributed by atoms with Crippen molar-refractivity contribution < 1.29 is 19.4 Å². The normalized spacial score (nSPS) is 42.6. The van der Waals surface area contributed by atoms with E-state index < -0.39 is 16.7 Å². The molecule has 2 aliphatic heterocycles. The van der Waals surface area contributed by atoms with Gasteiger partial charge < -0.3 is 14.6 Å². The number of piperidine rings is 1. The molecule has 128 valence electrons. The molecule has 1 aromatic rings. The van der Waals surface area contributed by atoms with Crippen LogP contribution in [0.5, 0.6) is 11.5 Å². The van der Waals surface area contributed by atoms with Gasteiger partial charge in [-0.1, -0.05) is 6.07 Å². The van der Waals surface area contributed by atoms with Crippen LogP contribution in [0.4, 0.5) is 0 Å². The first kappa shape index (κ1) is 14.7. The topological polar surface area (TPSA) is 59.0 Å². The van der Waals surface area contributed by atoms with Crippen LogP contribution in [0.3, 0.4) is 0 Å². The highest BCUT2D eigenvalue weighted by Gasteiger charge is 2.75. The standard InChI is InChI=1S/C19H23NO4/c1-17-14(22)7-6-13-18(17)8-9-20(2)19(13,23-3)10-11-4-5-12(21)16(24-17)15(11)18/h4-5,13,21H,6-10H2,1-3H3/t13-,17+,18+,19+/m1/s1. The van der Waals surface area contributed by atoms with E-state index in [9.17, 15) is 9.90 Å². The molecule has 1 saturated heterocycles. The van der Waals surface area contributed by atoms with Gasteiger partial charge in [-0.25, -0.2) is 0 Å². The summed E-state index contributed by atoms with van der Waals surface area (Å²) in [6, 6.07) is 3.67. The van der Waals surface area contributed by atoms with E-state index >= 15 is 0 Å². The molecule has 2 aliphatic carbocycles. The SMILES string of the molecule is CO[C@]12Cc3ccc(O)c4c3[C@]3(CCN1C)[C@H]2CCC(=O)[C@]3(C)O4. The van der Waals surface area contributed by atoms with Crippen molar-refractivity contribution in [3.05, 3.63) is 23.3 Å². The van der Waals surface area contributed by atoms with Gasteiger partial charge in [0, 0.05) is 38.0 Å². The van der Waals surface area contributed by atoms with Crippen molar-refractivity contribution in [1.82, 2.24) is 4.90 Å². The van der Waals surface area contributed by atoms with Gasteiger partial charge in [0.25, 0.3) is 0 Å². The van der Waals surface area contributed by atoms with Gasteiger partial charge in [-0.15, -0.1) is 0 Å². The number of Topliss-reactive ketones (excluding diaryl/α,β-unsaturated/α-hetero) is 1. The molecule has 4 atom stereocenters. The van der Waals surface area contributed by atoms with Crippen molar-refractivity contribution in [2.24, 2.45) is 5.92 Å². The largest absolute Gasteiger partial charge is 0.504 e. The van der Waals surface area contributed by atoms with Crippen molar-refractivity contribution in [2.45, 2.75) is 49.3 Å². The van der Waals surface area contributed by atoms with Crippen molar-refractivity contribution in [1.29, 1.82) is 0 Å². The van der Waals surface area contributed by atoms with Gasteiger partial charge in [0.2, 0.25) is 0 Å². The van der Waals surface area contributed by atoms with Crippen LogP contribution in [-0.4, -0.2) is 47.8 Å². The summed E-state index contributed by atoms with van der Waals surface area (Å²) in [5.74, 6) is 1.02. The molecule has 1 N–H and O–H groups in total. The van der Waals surface area contributed by atoms with E-state index in [-0.39, 0.29) is 17.5 Å². The number of carbonyl (C=O) groups is 1. The van der Waals surface area contributed by atoms with Gasteiger partial charge in [0.15, 0.2) is 22.9 Å². The number of methoxy groups -OCH3 is 1. The van der Waals surface area contributed by atoms with Crippen LogP contribution in [0, 0.1) is 5.92 Å². The van der Waals surface area contributed by atoms with E-state index in [0.29, 0.717) is 12.2 Å². The quantitative estimate of drug-likeness (QED) is 0.854. The smallest absolute Gasteiger partial charge is 0.177 e. The molecule has 0 unspecified atom stereocenters. The first-order chi connectivity index (χ1) is 11.4. The van der Waals surface area contributed by atoms with Crippen molar-refractivity contribution in [3.63, 3.8) is 0 Å². The Morgan fingerprint density at radius 2 is 2.21 bits per heavy atom. The Kier molecular flexibility index (Phi) is 2.54. The van der Waals surface area contributed by atoms with Gasteiger partial charge in [0.1, 0.15) is 5.72 Å². The van der Waals surface area contributed by atoms with E-state index in [2.05, 4.69) is 11.9 Å². The number of carbonyl (C=O) groups excluding carboxylic acids is 1. The van der Waals surface area contributed by atoms with E-state index in [1.807, 2.05) is 13.0 Å². The van der Waals surface area contributed by atoms with Crippen LogP contribution in [-0.2, 0) is 21.4 Å². The average molecular weight is 329 g/mol. The number of phenols is 1. The van der Waals surface area contributed by atoms with Crippen LogP contribution in [0.1, 0.15) is 37.3 Å². The second-order valence-corrected chi connectivity index (χ2v) is 7.97. The summed E-state index contributed by atoms with van der Waals surface area (Å²) < 4.78 is 12.4. The predicted molar refractivity (Wildman–Crippen MR) is 87.2 cm³/mol. The lowest BCUT2D eigenvalue weighted by Crippen LogP contribution is -2.75. The summed E-state index contributed by atoms with van der Waals surface area (Å²) in [5.41, 5.74) is 0.508. The molecule has 5 rings (SSSR count). The van der Waals surface area contributed by atoms with Gasteiger partial charge >= 0.3 is 0 Å². The highest BCUT2D eigenvalue weighted by molar-refractivity contribution is 5.93. The molecular weight excluding hydrogens is 306 g/mol. The molecule has 2 fully saturated rings. The Morgan fingerprint density at radius 1 is 1.42 bits per heavy atom. The first-order valence-electron chi connectivity index (χ1n) is 8.75. The molecule has 1 saturated carbocycles. The number of nitrogens with zero attached hydrogens (tertiary/aromatic N) is 1. The maximum atomic E-state index is 13.0. The van der Waals surface area contributed by atoms with E-state index in [0.717, 1.165) is 36.9 Å². The zero-order chi connectivity index (χ0) is 16.9. The Balaban J connectivity index is 1.90. The fraction of sp³-hybridized carbons (Fsp3) is 0.632. The van der Waals surface area contributed by atoms with Gasteiger partial charge in [-0.2, -0.15) is 0 Å². The number of likely N-dealkylation sites (N-methyl/N-ethyl adjacent to an activating group) is 1. The molecule has 0 amide bonds. The summed E-state index contributed by atoms with van der Waals surface area (Å²) in [6.45, 7) is 2.78. The maximum Gasteiger partial charge on any atom is 0.177 e. The molecule has 1 spiro atoms. The highest BCUT2D eigenvalue weighted by atomic mass is 16.5. The zero-order valence-corrected chi connectivity index (χ0v) is 14.4. The lowest BCUT2D eigenvalue weighted by molar-refractivity contribution is -0.237. The number of benzene rings is 1. The number of ether oxygens (including phenoxy) is 2. The maximum absolute atomic E-state index is 13.0. The van der Waals surface area contributed by atoms with Crippen LogP contribution >= 0.6 is 0 Å². The fourth-order valence-corrected chi connectivity index (χ4v) is 6.31. The van der Waals surface area contributed by atoms with Gasteiger partial charge in [0.05, 0.1) is 5.41 Å². The number of phenolic OH excluding ortho intramolecular Hbond substituents is 1. The summed E-state index contributed by atoms with van der Waals surface area (Å²) >= 11 is 0. The van der Waals surface area contributed by atoms with Crippen LogP contribution < -0.4 is 4.74 Å². The molecule has 4 aliphatic rings. The first-order valence-corrected chi connectivity index (χ1v) is 8.75. The summed E-state index contributed by atoms with van der Waals surface area (Å²) in [5, 5.41) is 10.4. The van der Waals surface area contributed by atoms with Gasteiger partial charge in [-0.3, -0.25) is 9.69 Å². The number of rotatable bonds is 1. The van der Waals surface area contributed by atoms with Crippen LogP contribution in [0.25, 0.3) is 0 Å². The second kappa shape index (κ2) is 4.14. The third-order valence-corrected chi connectivity index (χ3v) is 7.44. The Bertz CT molecular complexity index is 777. The number of aromatic hydroxyl groups is 1. The third kappa shape index (κ3) is 1.25. The van der Waals surface area contributed by atoms with Crippen molar-refractivity contribution in [2.75, 3.05) is 20.7 Å². The molecule has 5 heteroatoms. The van der Waals surface area contributed by atoms with E-state index in [1.54, 1.807) is 13.2 Å². The second-order valence-electron chi connectivity index (χ2n) is 7.97. The van der Waals surface area contributed by atoms with Crippen LogP contribution in [0.2, 0.25) is 0 Å². The highest BCUT2D eigenvalue weighted by Crippen LogP contribution is 2.69. The molecule has 24 heavy (non-hydrogen) atoms. The number of hydrogen-bond acceptors (Lipinski definition) is 5. The average Bonchev–Trinajstić information content (AvgIpc) is 2.85. The number of hydrogen-bond donors (Lipinski definition) is 1. The molecule has 0 radical (unpaired) electrons. The lowest BCUT2D eigenvalue weighted by atomic mass is 9.46. The zero-order valence-electron chi connectivity index (χ0n) is 14.4. The Morgan fingerprint density at radius 3 is 2.96 bits per heavy atom. The number of likely N-dealkylation sites (tertiary alicyclic amines) is 1. The summed E-state index contributed by atoms with van der Waals surface area (Å²) in [7, 11) is 3.90. The molecule has 1 aromatic carbocycles. The fourth-order valence-electron chi connectivity index (χ4n) is 6.31. The van der Waals surface area contributed by atoms with Crippen molar-refractivity contribution in [3.8, 4) is 11.5 Å². The lowest BCUT2D eigenvalue weighted by Gasteiger charge is -2.64. The molecular formula is C19H23NO4. The van der Waals surface area contributed by atoms with Gasteiger partial charge in [-0.05, 0) is 38.4 Å². The van der Waals surface area contributed by atoms with E-state index in [4.69, 9.17) is 9.47 Å². The number of ketones is 1. The third-order valence-electron chi connectivity index (χ3n) is 7.44. The van der Waals surface area contributed by atoms with Crippen LogP contribution in [0.15, 0.2) is 12.1 Å². The minimum absolute atomic E-state index is 0.147. The predicted octanol–water partition coefficient (Wildman–Crippen LogP) is 1.99. The Hall–Kier alpha value is -1.59. The monoisotopic (exact) mass is 329 g/mol.